The zero-order valence-electron chi connectivity index (χ0n) is 16.5. The molecule has 0 saturated carbocycles. The highest BCUT2D eigenvalue weighted by Crippen LogP contribution is 2.19. The van der Waals surface area contributed by atoms with Crippen LogP contribution in [0.3, 0.4) is 0 Å². The second-order valence-corrected chi connectivity index (χ2v) is 6.82. The highest BCUT2D eigenvalue weighted by atomic mass is 35.5. The summed E-state index contributed by atoms with van der Waals surface area (Å²) in [6, 6.07) is 16.2. The van der Waals surface area contributed by atoms with Crippen molar-refractivity contribution in [2.75, 3.05) is 13.2 Å². The molecule has 0 spiro atoms. The minimum absolute atomic E-state index is 0.185. The number of carbonyl (C=O) groups excluding carboxylic acids is 1. The predicted molar refractivity (Wildman–Crippen MR) is 119 cm³/mol. The van der Waals surface area contributed by atoms with Gasteiger partial charge < -0.3 is 10.1 Å². The number of hydrogen-bond acceptors (Lipinski definition) is 4. The van der Waals surface area contributed by atoms with E-state index in [1.54, 1.807) is 12.1 Å². The number of carbonyl (C=O) groups is 1. The van der Waals surface area contributed by atoms with Crippen LogP contribution in [0, 0.1) is 0 Å². The molecule has 0 radical (unpaired) electrons. The Labute approximate surface area is 179 Å². The molecule has 154 valence electrons. The number of halogens is 1. The standard InChI is InChI=1S/C23H22ClN3O3/c1-2-30-19-10-7-18(8-11-19)21-15-23(29)27(16-26-21)14-13-25-22(28)12-9-17-5-3-4-6-20(17)24/h3-12,15-16H,2,13-14H2,1H3,(H,25,28)/b12-9+. The Balaban J connectivity index is 1.55. The molecule has 3 rings (SSSR count). The first kappa shape index (κ1) is 21.3. The Hall–Kier alpha value is -3.38. The summed E-state index contributed by atoms with van der Waals surface area (Å²) in [4.78, 5) is 28.7. The van der Waals surface area contributed by atoms with E-state index in [0.717, 1.165) is 16.9 Å². The van der Waals surface area contributed by atoms with Crippen LogP contribution in [-0.2, 0) is 11.3 Å². The van der Waals surface area contributed by atoms with Crippen LogP contribution in [0.25, 0.3) is 17.3 Å². The molecule has 0 aliphatic heterocycles. The van der Waals surface area contributed by atoms with Crippen molar-refractivity contribution in [2.45, 2.75) is 13.5 Å². The van der Waals surface area contributed by atoms with Crippen LogP contribution in [-0.4, -0.2) is 28.6 Å². The van der Waals surface area contributed by atoms with E-state index in [9.17, 15) is 9.59 Å². The fourth-order valence-electron chi connectivity index (χ4n) is 2.77. The number of ether oxygens (including phenoxy) is 1. The van der Waals surface area contributed by atoms with E-state index in [2.05, 4.69) is 10.3 Å². The molecule has 7 heteroatoms. The van der Waals surface area contributed by atoms with Crippen molar-refractivity contribution in [1.82, 2.24) is 14.9 Å². The second kappa shape index (κ2) is 10.4. The molecule has 30 heavy (non-hydrogen) atoms. The van der Waals surface area contributed by atoms with Crippen LogP contribution in [0.15, 0.2) is 71.8 Å². The maximum Gasteiger partial charge on any atom is 0.253 e. The molecule has 2 aromatic carbocycles. The van der Waals surface area contributed by atoms with Gasteiger partial charge in [0.15, 0.2) is 0 Å². The van der Waals surface area contributed by atoms with Gasteiger partial charge in [0.2, 0.25) is 5.91 Å². The average Bonchev–Trinajstić information content (AvgIpc) is 2.75. The first-order valence-electron chi connectivity index (χ1n) is 9.57. The quantitative estimate of drug-likeness (QED) is 0.559. The minimum Gasteiger partial charge on any atom is -0.494 e. The van der Waals surface area contributed by atoms with Crippen LogP contribution < -0.4 is 15.6 Å². The second-order valence-electron chi connectivity index (χ2n) is 6.41. The Morgan fingerprint density at radius 3 is 2.67 bits per heavy atom. The third-order valence-electron chi connectivity index (χ3n) is 4.31. The molecule has 1 heterocycles. The van der Waals surface area contributed by atoms with E-state index in [1.165, 1.54) is 23.0 Å². The van der Waals surface area contributed by atoms with Crippen molar-refractivity contribution in [3.8, 4) is 17.0 Å². The fourth-order valence-corrected chi connectivity index (χ4v) is 2.97. The summed E-state index contributed by atoms with van der Waals surface area (Å²) in [5.41, 5.74) is 2.00. The molecule has 3 aromatic rings. The lowest BCUT2D eigenvalue weighted by Gasteiger charge is -2.08. The third-order valence-corrected chi connectivity index (χ3v) is 4.66. The molecule has 0 saturated heterocycles. The zero-order chi connectivity index (χ0) is 21.3. The predicted octanol–water partition coefficient (Wildman–Crippen LogP) is 3.79. The first-order chi connectivity index (χ1) is 14.6. The number of nitrogens with zero attached hydrogens (tertiary/aromatic N) is 2. The van der Waals surface area contributed by atoms with Gasteiger partial charge in [0, 0.05) is 35.8 Å². The van der Waals surface area contributed by atoms with E-state index < -0.39 is 0 Å². The molecule has 0 aliphatic rings. The molecule has 0 atom stereocenters. The van der Waals surface area contributed by atoms with Gasteiger partial charge in [-0.05, 0) is 48.9 Å². The highest BCUT2D eigenvalue weighted by Gasteiger charge is 2.04. The molecule has 0 aliphatic carbocycles. The number of rotatable bonds is 8. The van der Waals surface area contributed by atoms with Gasteiger partial charge in [-0.1, -0.05) is 29.8 Å². The lowest BCUT2D eigenvalue weighted by molar-refractivity contribution is -0.116. The van der Waals surface area contributed by atoms with Crippen molar-refractivity contribution in [1.29, 1.82) is 0 Å². The summed E-state index contributed by atoms with van der Waals surface area (Å²) >= 11 is 6.05. The number of nitrogens with one attached hydrogen (secondary N) is 1. The van der Waals surface area contributed by atoms with Crippen molar-refractivity contribution in [3.63, 3.8) is 0 Å². The van der Waals surface area contributed by atoms with Crippen molar-refractivity contribution >= 4 is 23.6 Å². The Morgan fingerprint density at radius 2 is 1.97 bits per heavy atom. The summed E-state index contributed by atoms with van der Waals surface area (Å²) in [5, 5.41) is 3.32. The van der Waals surface area contributed by atoms with Gasteiger partial charge in [-0.2, -0.15) is 0 Å². The van der Waals surface area contributed by atoms with E-state index in [4.69, 9.17) is 16.3 Å². The van der Waals surface area contributed by atoms with Gasteiger partial charge in [-0.15, -0.1) is 0 Å². The lowest BCUT2D eigenvalue weighted by Crippen LogP contribution is -2.29. The Morgan fingerprint density at radius 1 is 1.20 bits per heavy atom. The van der Waals surface area contributed by atoms with Crippen LogP contribution in [0.5, 0.6) is 5.75 Å². The topological polar surface area (TPSA) is 73.2 Å². The molecule has 1 N–H and O–H groups in total. The van der Waals surface area contributed by atoms with Gasteiger partial charge in [-0.3, -0.25) is 14.2 Å². The van der Waals surface area contributed by atoms with Gasteiger partial charge >= 0.3 is 0 Å². The third kappa shape index (κ3) is 5.81. The van der Waals surface area contributed by atoms with E-state index in [1.807, 2.05) is 49.4 Å². The van der Waals surface area contributed by atoms with Crippen LogP contribution >= 0.6 is 11.6 Å². The Kier molecular flexibility index (Phi) is 7.40. The first-order valence-corrected chi connectivity index (χ1v) is 9.95. The average molecular weight is 424 g/mol. The van der Waals surface area contributed by atoms with E-state index in [0.29, 0.717) is 30.4 Å². The summed E-state index contributed by atoms with van der Waals surface area (Å²) < 4.78 is 6.87. The normalized spacial score (nSPS) is 10.9. The SMILES string of the molecule is CCOc1ccc(-c2cc(=O)n(CCNC(=O)/C=C/c3ccccc3Cl)cn2)cc1. The molecule has 6 nitrogen and oxygen atoms in total. The maximum absolute atomic E-state index is 12.4. The van der Waals surface area contributed by atoms with Crippen molar-refractivity contribution in [3.05, 3.63) is 87.9 Å². The highest BCUT2D eigenvalue weighted by molar-refractivity contribution is 6.32. The number of benzene rings is 2. The van der Waals surface area contributed by atoms with Crippen LogP contribution in [0.2, 0.25) is 5.02 Å². The summed E-state index contributed by atoms with van der Waals surface area (Å²) in [6.45, 7) is 3.14. The van der Waals surface area contributed by atoms with Gasteiger partial charge in [0.25, 0.3) is 5.56 Å². The Bertz CT molecular complexity index is 1090. The number of amides is 1. The maximum atomic E-state index is 12.4. The summed E-state index contributed by atoms with van der Waals surface area (Å²) in [5.74, 6) is 0.510. The molecule has 1 aromatic heterocycles. The monoisotopic (exact) mass is 423 g/mol. The van der Waals surface area contributed by atoms with Crippen LogP contribution in [0.4, 0.5) is 0 Å². The van der Waals surface area contributed by atoms with Crippen molar-refractivity contribution in [2.24, 2.45) is 0 Å². The molecule has 0 fully saturated rings. The molecule has 0 unspecified atom stereocenters. The smallest absolute Gasteiger partial charge is 0.253 e. The molecule has 1 amide bonds. The van der Waals surface area contributed by atoms with Gasteiger partial charge in [0.05, 0.1) is 18.6 Å². The summed E-state index contributed by atoms with van der Waals surface area (Å²) in [6.07, 6.45) is 4.55. The summed E-state index contributed by atoms with van der Waals surface area (Å²) in [7, 11) is 0. The van der Waals surface area contributed by atoms with Crippen molar-refractivity contribution < 1.29 is 9.53 Å². The van der Waals surface area contributed by atoms with Gasteiger partial charge in [-0.25, -0.2) is 4.98 Å². The minimum atomic E-state index is -0.262. The lowest BCUT2D eigenvalue weighted by atomic mass is 10.1. The van der Waals surface area contributed by atoms with Gasteiger partial charge in [0.1, 0.15) is 5.75 Å². The van der Waals surface area contributed by atoms with Crippen LogP contribution in [0.1, 0.15) is 12.5 Å². The molecular formula is C23H22ClN3O3. The zero-order valence-corrected chi connectivity index (χ0v) is 17.3. The number of hydrogen-bond donors (Lipinski definition) is 1. The molecule has 0 bridgehead atoms. The molecular weight excluding hydrogens is 402 g/mol. The largest absolute Gasteiger partial charge is 0.494 e. The van der Waals surface area contributed by atoms with E-state index >= 15 is 0 Å². The fraction of sp³-hybridized carbons (Fsp3) is 0.174. The number of aromatic nitrogens is 2. The van der Waals surface area contributed by atoms with E-state index in [-0.39, 0.29) is 11.5 Å².